The molecule has 3 nitrogen and oxygen atoms in total. The summed E-state index contributed by atoms with van der Waals surface area (Å²) in [5.74, 6) is 0.376. The molecular weight excluding hydrogens is 316 g/mol. The number of rotatable bonds is 4. The number of carbonyl (C=O) groups excluding carboxylic acids is 1. The molecule has 0 amide bonds. The van der Waals surface area contributed by atoms with E-state index in [2.05, 4.69) is 11.4 Å². The molecule has 5 heteroatoms. The number of nitrogens with zero attached hydrogens (tertiary/aromatic N) is 1. The van der Waals surface area contributed by atoms with Gasteiger partial charge in [0.05, 0.1) is 22.6 Å². The van der Waals surface area contributed by atoms with E-state index in [1.165, 1.54) is 6.92 Å². The molecule has 0 radical (unpaired) electrons. The van der Waals surface area contributed by atoms with Gasteiger partial charge in [-0.2, -0.15) is 5.26 Å². The number of ketones is 1. The maximum atomic E-state index is 12.2. The fraction of sp³-hybridized carbons (Fsp3) is 0.294. The summed E-state index contributed by atoms with van der Waals surface area (Å²) < 4.78 is 0. The molecule has 1 aromatic rings. The third-order valence-corrected chi connectivity index (χ3v) is 4.78. The Hall–Kier alpha value is -1.70. The van der Waals surface area contributed by atoms with E-state index in [1.807, 2.05) is 32.0 Å². The summed E-state index contributed by atoms with van der Waals surface area (Å²) in [6.07, 6.45) is 0. The summed E-state index contributed by atoms with van der Waals surface area (Å²) in [6.45, 7) is 5.42. The van der Waals surface area contributed by atoms with Gasteiger partial charge in [-0.1, -0.05) is 36.7 Å². The third-order valence-electron chi connectivity index (χ3n) is 3.53. The van der Waals surface area contributed by atoms with Gasteiger partial charge in [-0.15, -0.1) is 11.8 Å². The highest BCUT2D eigenvalue weighted by Gasteiger charge is 2.33. The number of hydrogen-bond acceptors (Lipinski definition) is 4. The highest BCUT2D eigenvalue weighted by Crippen LogP contribution is 2.42. The molecule has 114 valence electrons. The largest absolute Gasteiger partial charge is 0.353 e. The fourth-order valence-electron chi connectivity index (χ4n) is 2.66. The number of nitrogens with one attached hydrogen (secondary N) is 1. The molecule has 1 heterocycles. The number of nitriles is 1. The number of thioether (sulfide) groups is 1. The van der Waals surface area contributed by atoms with Crippen molar-refractivity contribution in [2.24, 2.45) is 0 Å². The number of allylic oxidation sites excluding steroid dienone is 3. The molecule has 0 spiro atoms. The van der Waals surface area contributed by atoms with Crippen molar-refractivity contribution in [3.8, 4) is 6.07 Å². The zero-order chi connectivity index (χ0) is 16.3. The molecular formula is C17H17ClN2OS. The van der Waals surface area contributed by atoms with Crippen LogP contribution in [0.4, 0.5) is 0 Å². The number of dihydropyridines is 1. The summed E-state index contributed by atoms with van der Waals surface area (Å²) in [6, 6.07) is 9.65. The highest BCUT2D eigenvalue weighted by molar-refractivity contribution is 8.03. The lowest BCUT2D eigenvalue weighted by Gasteiger charge is -2.29. The predicted octanol–water partition coefficient (Wildman–Crippen LogP) is 4.38. The first kappa shape index (κ1) is 16.7. The van der Waals surface area contributed by atoms with Gasteiger partial charge < -0.3 is 5.32 Å². The molecule has 1 atom stereocenters. The first-order valence-electron chi connectivity index (χ1n) is 7.01. The van der Waals surface area contributed by atoms with Crippen LogP contribution < -0.4 is 5.32 Å². The van der Waals surface area contributed by atoms with Gasteiger partial charge in [0.1, 0.15) is 0 Å². The van der Waals surface area contributed by atoms with Crippen LogP contribution in [0.3, 0.4) is 0 Å². The van der Waals surface area contributed by atoms with Crippen molar-refractivity contribution in [3.05, 3.63) is 56.7 Å². The Kier molecular flexibility index (Phi) is 5.33. The van der Waals surface area contributed by atoms with Crippen molar-refractivity contribution >= 4 is 29.1 Å². The van der Waals surface area contributed by atoms with E-state index in [0.29, 0.717) is 16.2 Å². The second-order valence-electron chi connectivity index (χ2n) is 4.96. The molecule has 2 rings (SSSR count). The maximum absolute atomic E-state index is 12.2. The number of Topliss-reactive ketones (excluding diaryl/α,β-unsaturated/α-hetero) is 1. The van der Waals surface area contributed by atoms with Gasteiger partial charge in [-0.3, -0.25) is 4.79 Å². The van der Waals surface area contributed by atoms with E-state index in [-0.39, 0.29) is 5.78 Å². The van der Waals surface area contributed by atoms with E-state index in [4.69, 9.17) is 11.6 Å². The van der Waals surface area contributed by atoms with E-state index >= 15 is 0 Å². The van der Waals surface area contributed by atoms with Crippen LogP contribution in [-0.4, -0.2) is 11.5 Å². The van der Waals surface area contributed by atoms with Gasteiger partial charge in [-0.25, -0.2) is 0 Å². The van der Waals surface area contributed by atoms with Gasteiger partial charge >= 0.3 is 0 Å². The van der Waals surface area contributed by atoms with Gasteiger partial charge in [0.15, 0.2) is 5.78 Å². The second-order valence-corrected chi connectivity index (χ2v) is 6.64. The van der Waals surface area contributed by atoms with Gasteiger partial charge in [-0.05, 0) is 31.2 Å². The smallest absolute Gasteiger partial charge is 0.158 e. The van der Waals surface area contributed by atoms with Crippen LogP contribution in [0, 0.1) is 11.3 Å². The first-order valence-corrected chi connectivity index (χ1v) is 8.37. The minimum Gasteiger partial charge on any atom is -0.353 e. The fourth-order valence-corrected chi connectivity index (χ4v) is 3.74. The van der Waals surface area contributed by atoms with Gasteiger partial charge in [0, 0.05) is 16.3 Å². The summed E-state index contributed by atoms with van der Waals surface area (Å²) in [5, 5.41) is 14.2. The van der Waals surface area contributed by atoms with Crippen molar-refractivity contribution in [2.45, 2.75) is 26.7 Å². The molecule has 0 aromatic heterocycles. The van der Waals surface area contributed by atoms with Gasteiger partial charge in [0.25, 0.3) is 0 Å². The normalized spacial score (nSPS) is 18.0. The second kappa shape index (κ2) is 7.04. The molecule has 0 saturated carbocycles. The van der Waals surface area contributed by atoms with Crippen molar-refractivity contribution in [3.63, 3.8) is 0 Å². The monoisotopic (exact) mass is 332 g/mol. The standard InChI is InChI=1S/C17H17ClN2OS/c1-4-22-17-13(9-19)16(12-7-5-6-8-14(12)18)15(11(3)21)10(2)20-17/h5-8,16,20H,4H2,1-3H3/t16-/m1/s1. The molecule has 0 bridgehead atoms. The lowest BCUT2D eigenvalue weighted by molar-refractivity contribution is -0.113. The van der Waals surface area contributed by atoms with E-state index in [1.54, 1.807) is 17.8 Å². The number of carbonyl (C=O) groups is 1. The van der Waals surface area contributed by atoms with Crippen LogP contribution in [0.25, 0.3) is 0 Å². The number of halogens is 1. The average molecular weight is 333 g/mol. The Balaban J connectivity index is 2.70. The van der Waals surface area contributed by atoms with Crippen LogP contribution in [0.2, 0.25) is 5.02 Å². The van der Waals surface area contributed by atoms with Crippen molar-refractivity contribution in [1.29, 1.82) is 5.26 Å². The summed E-state index contributed by atoms with van der Waals surface area (Å²) in [7, 11) is 0. The average Bonchev–Trinajstić information content (AvgIpc) is 2.47. The Morgan fingerprint density at radius 2 is 2.14 bits per heavy atom. The van der Waals surface area contributed by atoms with E-state index in [9.17, 15) is 10.1 Å². The SMILES string of the molecule is CCSC1=C(C#N)[C@@H](c2ccccc2Cl)C(C(C)=O)=C(C)N1. The van der Waals surface area contributed by atoms with Crippen molar-refractivity contribution in [2.75, 3.05) is 5.75 Å². The zero-order valence-electron chi connectivity index (χ0n) is 12.7. The molecule has 0 aliphatic carbocycles. The quantitative estimate of drug-likeness (QED) is 0.889. The van der Waals surface area contributed by atoms with Crippen LogP contribution in [0.5, 0.6) is 0 Å². The van der Waals surface area contributed by atoms with Crippen molar-refractivity contribution < 1.29 is 4.79 Å². The topological polar surface area (TPSA) is 52.9 Å². The molecule has 0 unspecified atom stereocenters. The minimum atomic E-state index is -0.411. The third kappa shape index (κ3) is 3.06. The van der Waals surface area contributed by atoms with Crippen LogP contribution in [0.15, 0.2) is 46.1 Å². The Bertz CT molecular complexity index is 716. The van der Waals surface area contributed by atoms with Gasteiger partial charge in [0.2, 0.25) is 0 Å². The Morgan fingerprint density at radius 1 is 1.45 bits per heavy atom. The Labute approximate surface area is 140 Å². The molecule has 0 saturated heterocycles. The summed E-state index contributed by atoms with van der Waals surface area (Å²) in [4.78, 5) is 12.2. The van der Waals surface area contributed by atoms with Crippen LogP contribution in [-0.2, 0) is 4.79 Å². The number of hydrogen-bond donors (Lipinski definition) is 1. The lowest BCUT2D eigenvalue weighted by atomic mass is 9.81. The minimum absolute atomic E-state index is 0.0526. The summed E-state index contributed by atoms with van der Waals surface area (Å²) in [5.41, 5.74) is 2.73. The van der Waals surface area contributed by atoms with Crippen LogP contribution in [0.1, 0.15) is 32.3 Å². The predicted molar refractivity (Wildman–Crippen MR) is 91.5 cm³/mol. The first-order chi connectivity index (χ1) is 10.5. The molecule has 1 aliphatic heterocycles. The molecule has 1 aromatic carbocycles. The lowest BCUT2D eigenvalue weighted by Crippen LogP contribution is -2.27. The van der Waals surface area contributed by atoms with E-state index in [0.717, 1.165) is 22.0 Å². The number of benzene rings is 1. The van der Waals surface area contributed by atoms with Crippen LogP contribution >= 0.6 is 23.4 Å². The molecule has 22 heavy (non-hydrogen) atoms. The van der Waals surface area contributed by atoms with E-state index < -0.39 is 5.92 Å². The Morgan fingerprint density at radius 3 is 2.68 bits per heavy atom. The maximum Gasteiger partial charge on any atom is 0.158 e. The highest BCUT2D eigenvalue weighted by atomic mass is 35.5. The molecule has 1 N–H and O–H groups in total. The zero-order valence-corrected chi connectivity index (χ0v) is 14.3. The molecule has 0 fully saturated rings. The molecule has 1 aliphatic rings. The summed E-state index contributed by atoms with van der Waals surface area (Å²) >= 11 is 7.89. The van der Waals surface area contributed by atoms with Crippen molar-refractivity contribution in [1.82, 2.24) is 5.32 Å².